The minimum absolute atomic E-state index is 0.0399. The van der Waals surface area contributed by atoms with Crippen molar-refractivity contribution in [2.45, 2.75) is 33.0 Å². The van der Waals surface area contributed by atoms with E-state index in [1.807, 2.05) is 73.9 Å². The molecule has 7 heteroatoms. The van der Waals surface area contributed by atoms with Gasteiger partial charge in [0.2, 0.25) is 0 Å². The molecule has 2 aromatic rings. The van der Waals surface area contributed by atoms with E-state index in [0.717, 1.165) is 22.2 Å². The van der Waals surface area contributed by atoms with Crippen molar-refractivity contribution in [1.29, 1.82) is 0 Å². The summed E-state index contributed by atoms with van der Waals surface area (Å²) in [6.45, 7) is 6.17. The average Bonchev–Trinajstić information content (AvgIpc) is 2.57. The normalized spacial score (nSPS) is 14.0. The van der Waals surface area contributed by atoms with Crippen LogP contribution < -0.4 is 10.0 Å². The number of hydrogen-bond acceptors (Lipinski definition) is 3. The summed E-state index contributed by atoms with van der Waals surface area (Å²) in [5.41, 5.74) is 1.74. The fourth-order valence-corrected chi connectivity index (χ4v) is 6.46. The summed E-state index contributed by atoms with van der Waals surface area (Å²) in [6, 6.07) is 15.1. The molecule has 1 atom stereocenters. The van der Waals surface area contributed by atoms with E-state index < -0.39 is 20.9 Å². The van der Waals surface area contributed by atoms with Crippen LogP contribution in [0.2, 0.25) is 0 Å². The molecule has 1 unspecified atom stereocenters. The van der Waals surface area contributed by atoms with Gasteiger partial charge in [-0.1, -0.05) is 0 Å². The van der Waals surface area contributed by atoms with Crippen LogP contribution in [0.4, 0.5) is 0 Å². The average molecular weight is 502 g/mol. The van der Waals surface area contributed by atoms with Gasteiger partial charge in [0.25, 0.3) is 0 Å². The van der Waals surface area contributed by atoms with Crippen molar-refractivity contribution in [2.24, 2.45) is 0 Å². The third-order valence-corrected chi connectivity index (χ3v) is 7.88. The first-order valence-electron chi connectivity index (χ1n) is 8.26. The molecule has 0 amide bonds. The summed E-state index contributed by atoms with van der Waals surface area (Å²) in [5.74, 6) is 0.731. The molecule has 3 nitrogen and oxygen atoms in total. The van der Waals surface area contributed by atoms with Crippen molar-refractivity contribution >= 4 is 36.7 Å². The van der Waals surface area contributed by atoms with E-state index in [0.29, 0.717) is 12.8 Å². The summed E-state index contributed by atoms with van der Waals surface area (Å²) >= 11 is -2.02. The molecule has 2 aromatic carbocycles. The van der Waals surface area contributed by atoms with Crippen LogP contribution >= 0.6 is 26.8 Å². The Morgan fingerprint density at radius 2 is 1.85 bits per heavy atom. The predicted molar refractivity (Wildman–Crippen MR) is 108 cm³/mol. The van der Waals surface area contributed by atoms with E-state index in [4.69, 9.17) is 28.6 Å². The Hall–Kier alpha value is -0.497. The molecule has 0 saturated carbocycles. The summed E-state index contributed by atoms with van der Waals surface area (Å²) in [7, 11) is 9.14. The van der Waals surface area contributed by atoms with Gasteiger partial charge < -0.3 is 0 Å². The van der Waals surface area contributed by atoms with Gasteiger partial charge in [-0.3, -0.25) is 0 Å². The Balaban J connectivity index is 2.40. The quantitative estimate of drug-likeness (QED) is 0.344. The van der Waals surface area contributed by atoms with Gasteiger partial charge >= 0.3 is 169 Å². The van der Waals surface area contributed by atoms with Gasteiger partial charge in [0.05, 0.1) is 0 Å². The van der Waals surface area contributed by atoms with Gasteiger partial charge in [-0.25, -0.2) is 0 Å². The van der Waals surface area contributed by atoms with E-state index in [1.54, 1.807) is 0 Å². The first-order chi connectivity index (χ1) is 12.3. The second-order valence-electron chi connectivity index (χ2n) is 5.93. The van der Waals surface area contributed by atoms with Crippen LogP contribution in [-0.2, 0) is 28.8 Å². The van der Waals surface area contributed by atoms with Gasteiger partial charge in [-0.2, -0.15) is 0 Å². The Morgan fingerprint density at radius 3 is 2.42 bits per heavy atom. The topological polar surface area (TPSA) is 35.5 Å². The molecule has 0 aliphatic rings. The van der Waals surface area contributed by atoms with Gasteiger partial charge in [0, 0.05) is 0 Å². The maximum atomic E-state index is 13.5. The van der Waals surface area contributed by atoms with Crippen molar-refractivity contribution in [3.05, 3.63) is 59.7 Å². The van der Waals surface area contributed by atoms with E-state index in [9.17, 15) is 4.57 Å². The summed E-state index contributed by atoms with van der Waals surface area (Å²) in [4.78, 5) is 0. The minimum atomic E-state index is -3.00. The molecule has 0 bridgehead atoms. The Kier molecular flexibility index (Phi) is 8.52. The second kappa shape index (κ2) is 10.2. The molecule has 0 aromatic heterocycles. The van der Waals surface area contributed by atoms with E-state index in [2.05, 4.69) is 0 Å². The maximum absolute atomic E-state index is 13.5. The molecule has 0 radical (unpaired) electrons. The first kappa shape index (κ1) is 21.8. The zero-order valence-electron chi connectivity index (χ0n) is 15.0. The molecule has 0 heterocycles. The zero-order chi connectivity index (χ0) is 19.2. The molecular weight excluding hydrogens is 479 g/mol. The van der Waals surface area contributed by atoms with Crippen LogP contribution in [0.3, 0.4) is 0 Å². The Labute approximate surface area is 168 Å². The summed E-state index contributed by atoms with van der Waals surface area (Å²) in [6.07, 6.45) is 0.350. The second-order valence-corrected chi connectivity index (χ2v) is 14.1. The Bertz CT molecular complexity index is 806. The number of rotatable bonds is 8. The van der Waals surface area contributed by atoms with Crippen LogP contribution in [0, 0.1) is 0 Å². The summed E-state index contributed by atoms with van der Waals surface area (Å²) in [5, 5.41) is 0.720. The van der Waals surface area contributed by atoms with Gasteiger partial charge in [-0.15, -0.1) is 0 Å². The molecule has 144 valence electrons. The van der Waals surface area contributed by atoms with Crippen LogP contribution in [0.5, 0.6) is 5.75 Å². The van der Waals surface area contributed by atoms with Gasteiger partial charge in [0.1, 0.15) is 0 Å². The zero-order valence-corrected chi connectivity index (χ0v) is 19.1. The SMILES string of the molecule is CCOP(=O)(Cc1ccc(OC(C)C)c([CH]=[Ru]([Cl])[Cl])c1)c1ccccc1. The molecule has 0 spiro atoms. The first-order valence-corrected chi connectivity index (χ1v) is 15.5. The fourth-order valence-electron chi connectivity index (χ4n) is 2.54. The van der Waals surface area contributed by atoms with Crippen LogP contribution in [0.15, 0.2) is 48.5 Å². The molecule has 0 aliphatic heterocycles. The summed E-state index contributed by atoms with van der Waals surface area (Å²) < 4.78 is 26.9. The third kappa shape index (κ3) is 6.29. The number of hydrogen-bond donors (Lipinski definition) is 0. The van der Waals surface area contributed by atoms with Crippen molar-refractivity contribution in [3.63, 3.8) is 0 Å². The molecule has 2 rings (SSSR count). The molecule has 26 heavy (non-hydrogen) atoms. The molecule has 0 N–H and O–H groups in total. The van der Waals surface area contributed by atoms with Crippen LogP contribution in [0.1, 0.15) is 31.9 Å². The number of ether oxygens (including phenoxy) is 1. The van der Waals surface area contributed by atoms with Crippen LogP contribution in [0.25, 0.3) is 0 Å². The van der Waals surface area contributed by atoms with Crippen LogP contribution in [-0.4, -0.2) is 17.3 Å². The van der Waals surface area contributed by atoms with Gasteiger partial charge in [0.15, 0.2) is 0 Å². The molecular formula is C19H23Cl2O3PRu. The molecule has 0 aliphatic carbocycles. The van der Waals surface area contributed by atoms with Crippen molar-refractivity contribution < 1.29 is 27.3 Å². The van der Waals surface area contributed by atoms with Gasteiger partial charge in [-0.05, 0) is 0 Å². The molecule has 0 saturated heterocycles. The molecule has 0 fully saturated rings. The fraction of sp³-hybridized carbons (Fsp3) is 0.316. The van der Waals surface area contributed by atoms with E-state index in [-0.39, 0.29) is 6.10 Å². The third-order valence-electron chi connectivity index (χ3n) is 3.50. The van der Waals surface area contributed by atoms with E-state index in [1.165, 1.54) is 0 Å². The number of halogens is 2. The number of benzene rings is 2. The van der Waals surface area contributed by atoms with Crippen molar-refractivity contribution in [3.8, 4) is 5.75 Å². The predicted octanol–water partition coefficient (Wildman–Crippen LogP) is 5.69. The van der Waals surface area contributed by atoms with Crippen molar-refractivity contribution in [2.75, 3.05) is 6.61 Å². The van der Waals surface area contributed by atoms with E-state index >= 15 is 0 Å². The monoisotopic (exact) mass is 502 g/mol. The Morgan fingerprint density at radius 1 is 1.15 bits per heavy atom. The van der Waals surface area contributed by atoms with Crippen molar-refractivity contribution in [1.82, 2.24) is 0 Å². The standard InChI is InChI=1S/C19H23O3P.2ClH.Ru/c1-5-21-23(20,18-9-7-6-8-10-18)14-17-11-12-19(16(4)13-17)22-15(2)3;;;/h4,6-13,15H,5,14H2,1-3H3;2*1H;/q;;;+2/p-2.